The largest absolute Gasteiger partial charge is 0.463 e. The molecule has 3 nitrogen and oxygen atoms in total. The van der Waals surface area contributed by atoms with Crippen LogP contribution in [-0.2, 0) is 5.41 Å². The predicted molar refractivity (Wildman–Crippen MR) is 141 cm³/mol. The quantitative estimate of drug-likeness (QED) is 0.286. The van der Waals surface area contributed by atoms with E-state index in [1.807, 2.05) is 0 Å². The minimum atomic E-state index is -0.482. The average molecular weight is 448 g/mol. The zero-order valence-electron chi connectivity index (χ0n) is 21.4. The number of hydrogen-bond donors (Lipinski definition) is 0. The summed E-state index contributed by atoms with van der Waals surface area (Å²) < 4.78 is 8.15. The summed E-state index contributed by atoms with van der Waals surface area (Å²) in [6.07, 6.45) is 9.67. The second-order valence-corrected chi connectivity index (χ2v) is 10.4. The molecule has 0 bridgehead atoms. The van der Waals surface area contributed by atoms with Crippen LogP contribution in [0, 0.1) is 0 Å². The van der Waals surface area contributed by atoms with Gasteiger partial charge in [-0.1, -0.05) is 42.8 Å². The molecule has 1 spiro atoms. The first kappa shape index (κ1) is 23.9. The van der Waals surface area contributed by atoms with Crippen molar-refractivity contribution >= 4 is 11.8 Å². The van der Waals surface area contributed by atoms with Crippen LogP contribution in [-0.4, -0.2) is 42.9 Å². The molecule has 3 heteroatoms. The van der Waals surface area contributed by atoms with Crippen molar-refractivity contribution in [2.45, 2.75) is 71.4 Å². The fourth-order valence-electron chi connectivity index (χ4n) is 6.05. The molecule has 0 N–H and O–H groups in total. The highest BCUT2D eigenvalue weighted by molar-refractivity contribution is 5.72. The lowest BCUT2D eigenvalue weighted by atomic mass is 9.76. The van der Waals surface area contributed by atoms with Gasteiger partial charge in [-0.3, -0.25) is 0 Å². The van der Waals surface area contributed by atoms with E-state index in [1.165, 1.54) is 73.2 Å². The maximum atomic E-state index is 6.89. The van der Waals surface area contributed by atoms with Crippen molar-refractivity contribution in [3.63, 3.8) is 0 Å². The summed E-state index contributed by atoms with van der Waals surface area (Å²) in [5.41, 5.74) is 3.24. The van der Waals surface area contributed by atoms with Gasteiger partial charge >= 0.3 is 0 Å². The molecule has 0 fully saturated rings. The third kappa shape index (κ3) is 4.10. The third-order valence-corrected chi connectivity index (χ3v) is 8.61. The van der Waals surface area contributed by atoms with Crippen LogP contribution >= 0.6 is 0 Å². The third-order valence-electron chi connectivity index (χ3n) is 8.61. The number of ether oxygens (including phenoxy) is 1. The molecule has 2 aromatic carbocycles. The van der Waals surface area contributed by atoms with Gasteiger partial charge in [0.2, 0.25) is 5.72 Å². The second-order valence-electron chi connectivity index (χ2n) is 10.4. The minimum Gasteiger partial charge on any atom is -0.463 e. The van der Waals surface area contributed by atoms with Crippen LogP contribution in [0.5, 0.6) is 5.75 Å². The number of nitrogens with zero attached hydrogens (tertiary/aromatic N) is 2. The van der Waals surface area contributed by atoms with E-state index < -0.39 is 5.72 Å². The van der Waals surface area contributed by atoms with E-state index in [1.54, 1.807) is 0 Å². The van der Waals surface area contributed by atoms with Crippen LogP contribution in [0.3, 0.4) is 0 Å². The maximum Gasteiger partial charge on any atom is 0.212 e. The molecule has 2 heterocycles. The van der Waals surface area contributed by atoms with Crippen molar-refractivity contribution in [2.75, 3.05) is 37.6 Å². The van der Waals surface area contributed by atoms with Crippen LogP contribution in [0.4, 0.5) is 5.69 Å². The highest BCUT2D eigenvalue weighted by atomic mass is 16.5. The molecule has 0 saturated carbocycles. The monoisotopic (exact) mass is 447 g/mol. The van der Waals surface area contributed by atoms with Crippen LogP contribution in [0.25, 0.3) is 6.08 Å². The lowest BCUT2D eigenvalue weighted by Crippen LogP contribution is -2.59. The Bertz CT molecular complexity index is 967. The van der Waals surface area contributed by atoms with Crippen molar-refractivity contribution in [3.8, 4) is 5.75 Å². The summed E-state index contributed by atoms with van der Waals surface area (Å²) in [5, 5.41) is 0. The number of unbranched alkanes of at least 4 members (excludes halogenated alkanes) is 3. The molecule has 2 aliphatic heterocycles. The van der Waals surface area contributed by atoms with Gasteiger partial charge < -0.3 is 14.1 Å². The molecule has 0 aromatic heterocycles. The molecule has 0 aliphatic carbocycles. The van der Waals surface area contributed by atoms with Crippen molar-refractivity contribution in [1.29, 1.82) is 0 Å². The molecular weight excluding hydrogens is 404 g/mol. The minimum absolute atomic E-state index is 0.145. The smallest absolute Gasteiger partial charge is 0.212 e. The fourth-order valence-corrected chi connectivity index (χ4v) is 6.05. The van der Waals surface area contributed by atoms with E-state index in [-0.39, 0.29) is 5.41 Å². The van der Waals surface area contributed by atoms with E-state index in [9.17, 15) is 0 Å². The van der Waals surface area contributed by atoms with Crippen molar-refractivity contribution in [2.24, 2.45) is 0 Å². The van der Waals surface area contributed by atoms with Crippen LogP contribution in [0.15, 0.2) is 54.6 Å². The average Bonchev–Trinajstić information content (AvgIpc) is 3.02. The van der Waals surface area contributed by atoms with Gasteiger partial charge in [0.25, 0.3) is 0 Å². The number of rotatable bonds is 10. The molecule has 33 heavy (non-hydrogen) atoms. The first-order valence-corrected chi connectivity index (χ1v) is 13.1. The van der Waals surface area contributed by atoms with Gasteiger partial charge in [0, 0.05) is 17.8 Å². The molecule has 178 valence electrons. The predicted octanol–water partition coefficient (Wildman–Crippen LogP) is 7.02. The van der Waals surface area contributed by atoms with Crippen LogP contribution in [0.2, 0.25) is 0 Å². The fraction of sp³-hybridized carbons (Fsp3) is 0.533. The lowest BCUT2D eigenvalue weighted by Gasteiger charge is -2.47. The lowest BCUT2D eigenvalue weighted by molar-refractivity contribution is -0.923. The standard InChI is InChI=1S/C30H43N2O/c1-6-32(7-2,8-3)24-16-10-9-15-23-31-27-19-13-12-18-26(27)29(4,5)30(31)22-21-25-17-11-14-20-28(25)33-30/h11-14,17-22H,6-10,15-16,23-24H2,1-5H3/q+1. The summed E-state index contributed by atoms with van der Waals surface area (Å²) in [6, 6.07) is 17.3. The molecule has 2 aliphatic rings. The highest BCUT2D eigenvalue weighted by Crippen LogP contribution is 2.54. The number of quaternary nitrogens is 1. The van der Waals surface area contributed by atoms with Crippen molar-refractivity contribution in [1.82, 2.24) is 0 Å². The summed E-state index contributed by atoms with van der Waals surface area (Å²) in [5.74, 6) is 0.985. The van der Waals surface area contributed by atoms with Gasteiger partial charge in [-0.05, 0) is 83.7 Å². The molecule has 0 radical (unpaired) electrons. The molecule has 0 saturated heterocycles. The topological polar surface area (TPSA) is 12.5 Å². The number of anilines is 1. The number of fused-ring (bicyclic) bond motifs is 2. The van der Waals surface area contributed by atoms with Gasteiger partial charge in [-0.15, -0.1) is 0 Å². The number of para-hydroxylation sites is 2. The Kier molecular flexibility index (Phi) is 6.91. The summed E-state index contributed by atoms with van der Waals surface area (Å²) in [4.78, 5) is 2.54. The summed E-state index contributed by atoms with van der Waals surface area (Å²) in [6.45, 7) is 17.8. The Morgan fingerprint density at radius 2 is 1.48 bits per heavy atom. The van der Waals surface area contributed by atoms with Gasteiger partial charge in [-0.2, -0.15) is 0 Å². The SMILES string of the molecule is CC[N+](CC)(CC)CCCCCCN1c2ccccc2C(C)(C)C12C=Cc1ccccc1O2. The molecule has 0 amide bonds. The Labute approximate surface area is 201 Å². The van der Waals surface area contributed by atoms with E-state index in [2.05, 4.69) is 100 Å². The molecular formula is C30H43N2O+. The zero-order valence-corrected chi connectivity index (χ0v) is 21.4. The highest BCUT2D eigenvalue weighted by Gasteiger charge is 2.58. The van der Waals surface area contributed by atoms with Gasteiger partial charge in [0.1, 0.15) is 5.75 Å². The van der Waals surface area contributed by atoms with Crippen LogP contribution < -0.4 is 9.64 Å². The van der Waals surface area contributed by atoms with Gasteiger partial charge in [-0.25, -0.2) is 0 Å². The molecule has 2 aromatic rings. The summed E-state index contributed by atoms with van der Waals surface area (Å²) in [7, 11) is 0. The molecule has 1 unspecified atom stereocenters. The van der Waals surface area contributed by atoms with E-state index in [0.717, 1.165) is 12.3 Å². The number of benzene rings is 2. The maximum absolute atomic E-state index is 6.89. The second kappa shape index (κ2) is 9.54. The van der Waals surface area contributed by atoms with Gasteiger partial charge in [0.05, 0.1) is 31.6 Å². The Morgan fingerprint density at radius 3 is 2.24 bits per heavy atom. The van der Waals surface area contributed by atoms with Crippen molar-refractivity contribution < 1.29 is 9.22 Å². The van der Waals surface area contributed by atoms with Crippen molar-refractivity contribution in [3.05, 3.63) is 65.7 Å². The molecule has 4 rings (SSSR count). The first-order chi connectivity index (χ1) is 15.9. The molecule has 1 atom stereocenters. The van der Waals surface area contributed by atoms with Crippen LogP contribution in [0.1, 0.15) is 71.4 Å². The Morgan fingerprint density at radius 1 is 0.818 bits per heavy atom. The Hall–Kier alpha value is -2.26. The zero-order chi connectivity index (χ0) is 23.5. The van der Waals surface area contributed by atoms with E-state index in [0.29, 0.717) is 0 Å². The first-order valence-electron chi connectivity index (χ1n) is 13.1. The van der Waals surface area contributed by atoms with E-state index in [4.69, 9.17) is 4.74 Å². The van der Waals surface area contributed by atoms with Gasteiger partial charge in [0.15, 0.2) is 0 Å². The van der Waals surface area contributed by atoms with E-state index >= 15 is 0 Å². The number of hydrogen-bond acceptors (Lipinski definition) is 2. The Balaban J connectivity index is 1.48. The normalized spacial score (nSPS) is 20.6. The summed E-state index contributed by atoms with van der Waals surface area (Å²) >= 11 is 0.